The lowest BCUT2D eigenvalue weighted by Crippen LogP contribution is -2.38. The first kappa shape index (κ1) is 74.6. The molecule has 0 saturated heterocycles. The van der Waals surface area contributed by atoms with Gasteiger partial charge in [0.05, 0.1) is 26.4 Å². The molecule has 0 bridgehead atoms. The van der Waals surface area contributed by atoms with Gasteiger partial charge in [-0.2, -0.15) is 0 Å². The third-order valence-corrected chi connectivity index (χ3v) is 19.1. The SMILES string of the molecule is CCCCCCCCCCCCCOP(O)OCCC(C)C(CC(CCCCCCC)C(C)(C)C)C(CCC)C(CC(CCCCCCC)C(C)(C)C)C(C)CCOP(O)OCCCCCCCCCCCCC. The maximum absolute atomic E-state index is 11.0. The van der Waals surface area contributed by atoms with E-state index < -0.39 is 17.2 Å². The van der Waals surface area contributed by atoms with Gasteiger partial charge in [0.25, 0.3) is 0 Å². The number of unbranched alkanes of at least 4 members (excludes halogenated alkanes) is 28. The lowest BCUT2D eigenvalue weighted by atomic mass is 9.60. The molecule has 0 radical (unpaired) electrons. The molecule has 8 heteroatoms. The average Bonchev–Trinajstić information content (AvgIpc) is 3.35. The van der Waals surface area contributed by atoms with Crippen molar-refractivity contribution in [2.75, 3.05) is 26.4 Å². The molecule has 446 valence electrons. The maximum atomic E-state index is 11.0. The highest BCUT2D eigenvalue weighted by molar-refractivity contribution is 7.40. The maximum Gasteiger partial charge on any atom is 0.329 e. The van der Waals surface area contributed by atoms with E-state index >= 15 is 0 Å². The van der Waals surface area contributed by atoms with Crippen molar-refractivity contribution >= 4 is 17.2 Å². The second-order valence-corrected chi connectivity index (χ2v) is 28.2. The first-order valence-corrected chi connectivity index (χ1v) is 35.3. The molecule has 8 unspecified atom stereocenters. The van der Waals surface area contributed by atoms with E-state index in [9.17, 15) is 9.79 Å². The molecule has 0 aromatic rings. The summed E-state index contributed by atoms with van der Waals surface area (Å²) in [5.41, 5.74) is 0.454. The van der Waals surface area contributed by atoms with E-state index in [2.05, 4.69) is 90.0 Å². The molecule has 0 spiro atoms. The third-order valence-electron chi connectivity index (χ3n) is 17.5. The van der Waals surface area contributed by atoms with Crippen molar-refractivity contribution in [2.24, 2.45) is 52.3 Å². The zero-order valence-corrected chi connectivity index (χ0v) is 54.4. The van der Waals surface area contributed by atoms with Crippen molar-refractivity contribution in [2.45, 2.75) is 347 Å². The van der Waals surface area contributed by atoms with E-state index in [4.69, 9.17) is 18.1 Å². The first-order chi connectivity index (χ1) is 35.6. The summed E-state index contributed by atoms with van der Waals surface area (Å²) in [6, 6.07) is 0. The number of rotatable bonds is 56. The summed E-state index contributed by atoms with van der Waals surface area (Å²) in [6.07, 6.45) is 51.3. The fraction of sp³-hybridized carbons (Fsp3) is 1.00. The van der Waals surface area contributed by atoms with Crippen LogP contribution in [-0.2, 0) is 18.1 Å². The molecular formula is C66H136O6P2. The lowest BCUT2D eigenvalue weighted by Gasteiger charge is -2.46. The van der Waals surface area contributed by atoms with E-state index in [1.807, 2.05) is 0 Å². The van der Waals surface area contributed by atoms with Gasteiger partial charge in [0.1, 0.15) is 0 Å². The van der Waals surface area contributed by atoms with Crippen molar-refractivity contribution in [3.8, 4) is 0 Å². The molecule has 0 aromatic carbocycles. The zero-order chi connectivity index (χ0) is 55.1. The highest BCUT2D eigenvalue weighted by atomic mass is 31.2. The van der Waals surface area contributed by atoms with Crippen LogP contribution in [0.5, 0.6) is 0 Å². The van der Waals surface area contributed by atoms with Crippen LogP contribution >= 0.6 is 17.2 Å². The van der Waals surface area contributed by atoms with Gasteiger partial charge in [-0.15, -0.1) is 0 Å². The fourth-order valence-electron chi connectivity index (χ4n) is 12.1. The molecule has 0 rings (SSSR count). The molecule has 74 heavy (non-hydrogen) atoms. The van der Waals surface area contributed by atoms with Gasteiger partial charge in [0.2, 0.25) is 0 Å². The van der Waals surface area contributed by atoms with E-state index in [1.165, 1.54) is 231 Å². The van der Waals surface area contributed by atoms with Gasteiger partial charge in [-0.3, -0.25) is 0 Å². The van der Waals surface area contributed by atoms with Gasteiger partial charge < -0.3 is 27.9 Å². The normalized spacial score (nSPS) is 16.3. The second kappa shape index (κ2) is 50.6. The molecule has 0 aliphatic rings. The Hall–Kier alpha value is 0.620. The molecule has 6 nitrogen and oxygen atoms in total. The Morgan fingerprint density at radius 2 is 0.554 bits per heavy atom. The molecule has 8 atom stereocenters. The molecule has 0 saturated carbocycles. The number of hydrogen-bond acceptors (Lipinski definition) is 6. The van der Waals surface area contributed by atoms with Crippen molar-refractivity contribution in [3.05, 3.63) is 0 Å². The summed E-state index contributed by atoms with van der Waals surface area (Å²) < 4.78 is 24.1. The highest BCUT2D eigenvalue weighted by Gasteiger charge is 2.40. The summed E-state index contributed by atoms with van der Waals surface area (Å²) in [5.74, 6) is 3.86. The molecule has 0 aliphatic carbocycles. The predicted octanol–water partition coefficient (Wildman–Crippen LogP) is 23.6. The largest absolute Gasteiger partial charge is 0.329 e. The van der Waals surface area contributed by atoms with Crippen LogP contribution in [0.25, 0.3) is 0 Å². The number of hydrogen-bond donors (Lipinski definition) is 2. The minimum atomic E-state index is -1.86. The van der Waals surface area contributed by atoms with E-state index in [1.54, 1.807) is 0 Å². The quantitative estimate of drug-likeness (QED) is 0.0467. The van der Waals surface area contributed by atoms with Gasteiger partial charge in [0, 0.05) is 0 Å². The Morgan fingerprint density at radius 1 is 0.297 bits per heavy atom. The van der Waals surface area contributed by atoms with Gasteiger partial charge in [0.15, 0.2) is 0 Å². The summed E-state index contributed by atoms with van der Waals surface area (Å²) in [5, 5.41) is 0. The van der Waals surface area contributed by atoms with Crippen LogP contribution in [0.15, 0.2) is 0 Å². The van der Waals surface area contributed by atoms with E-state index in [0.717, 1.165) is 25.7 Å². The highest BCUT2D eigenvalue weighted by Crippen LogP contribution is 2.49. The Labute approximate surface area is 468 Å². The first-order valence-electron chi connectivity index (χ1n) is 33.1. The predicted molar refractivity (Wildman–Crippen MR) is 330 cm³/mol. The Balaban J connectivity index is 6.21. The standard InChI is InChI=1S/C66H136O6P2/c1-14-19-23-27-29-31-33-35-37-41-45-52-69-73(67)71-54-50-58(6)63(56-60(65(8,9)10)48-43-39-25-21-16-3)62(47-18-5)64(57-61(66(11,12)13)49-44-40-26-22-17-4)59(7)51-55-72-74(68)70-53-46-42-38-36-34-32-30-28-24-20-15-2/h58-64,67-68H,14-57H2,1-13H3. The van der Waals surface area contributed by atoms with E-state index in [0.29, 0.717) is 67.9 Å². The summed E-state index contributed by atoms with van der Waals surface area (Å²) >= 11 is 0. The molecule has 2 N–H and O–H groups in total. The van der Waals surface area contributed by atoms with Crippen LogP contribution in [0.2, 0.25) is 0 Å². The van der Waals surface area contributed by atoms with E-state index in [-0.39, 0.29) is 10.8 Å². The van der Waals surface area contributed by atoms with Crippen LogP contribution in [-0.4, -0.2) is 36.2 Å². The summed E-state index contributed by atoms with van der Waals surface area (Å²) in [7, 11) is -3.73. The fourth-order valence-corrected chi connectivity index (χ4v) is 13.4. The van der Waals surface area contributed by atoms with Crippen LogP contribution in [0.1, 0.15) is 347 Å². The van der Waals surface area contributed by atoms with Crippen LogP contribution in [0, 0.1) is 52.3 Å². The molecule has 0 fully saturated rings. The Bertz CT molecular complexity index is 1060. The lowest BCUT2D eigenvalue weighted by molar-refractivity contribution is 0.0318. The minimum absolute atomic E-state index is 0.227. The van der Waals surface area contributed by atoms with Gasteiger partial charge in [-0.1, -0.05) is 295 Å². The summed E-state index contributed by atoms with van der Waals surface area (Å²) in [4.78, 5) is 21.9. The molecule has 0 aromatic heterocycles. The van der Waals surface area contributed by atoms with Crippen molar-refractivity contribution < 1.29 is 27.9 Å². The Kier molecular flexibility index (Phi) is 51.0. The monoisotopic (exact) mass is 1090 g/mol. The van der Waals surface area contributed by atoms with Gasteiger partial charge >= 0.3 is 17.2 Å². The summed E-state index contributed by atoms with van der Waals surface area (Å²) in [6.45, 7) is 34.0. The van der Waals surface area contributed by atoms with Crippen LogP contribution < -0.4 is 0 Å². The molecule has 0 amide bonds. The topological polar surface area (TPSA) is 77.4 Å². The molecular weight excluding hydrogens is 951 g/mol. The molecule has 0 aliphatic heterocycles. The second-order valence-electron chi connectivity index (χ2n) is 26.2. The smallest absolute Gasteiger partial charge is 0.328 e. The Morgan fingerprint density at radius 3 is 0.824 bits per heavy atom. The van der Waals surface area contributed by atoms with Crippen molar-refractivity contribution in [1.82, 2.24) is 0 Å². The minimum Gasteiger partial charge on any atom is -0.328 e. The average molecular weight is 1090 g/mol. The van der Waals surface area contributed by atoms with Gasteiger partial charge in [-0.05, 0) is 104 Å². The zero-order valence-electron chi connectivity index (χ0n) is 52.6. The van der Waals surface area contributed by atoms with Gasteiger partial charge in [-0.25, -0.2) is 0 Å². The molecule has 0 heterocycles. The van der Waals surface area contributed by atoms with Crippen molar-refractivity contribution in [1.29, 1.82) is 0 Å². The van der Waals surface area contributed by atoms with Crippen LogP contribution in [0.4, 0.5) is 0 Å². The van der Waals surface area contributed by atoms with Crippen LogP contribution in [0.3, 0.4) is 0 Å². The van der Waals surface area contributed by atoms with Crippen molar-refractivity contribution in [3.63, 3.8) is 0 Å². The third kappa shape index (κ3) is 42.5.